The van der Waals surface area contributed by atoms with Crippen LogP contribution in [0.5, 0.6) is 0 Å². The molecule has 0 aliphatic carbocycles. The Kier molecular flexibility index (Phi) is 4.14. The number of nitriles is 1. The highest BCUT2D eigenvalue weighted by molar-refractivity contribution is 5.60. The second kappa shape index (κ2) is 6.05. The number of hydrogen-bond donors (Lipinski definition) is 1. The van der Waals surface area contributed by atoms with Crippen LogP contribution in [0, 0.1) is 17.2 Å². The molecule has 1 aromatic rings. The van der Waals surface area contributed by atoms with Crippen molar-refractivity contribution in [2.24, 2.45) is 11.7 Å². The van der Waals surface area contributed by atoms with Gasteiger partial charge in [0.05, 0.1) is 11.3 Å². The van der Waals surface area contributed by atoms with E-state index < -0.39 is 0 Å². The van der Waals surface area contributed by atoms with Crippen molar-refractivity contribution in [2.75, 3.05) is 31.6 Å². The number of piperidine rings is 2. The summed E-state index contributed by atoms with van der Waals surface area (Å²) < 4.78 is 0. The zero-order valence-electron chi connectivity index (χ0n) is 12.8. The average molecular weight is 284 g/mol. The standard InChI is InChI=1S/C17H24N4/c1-20-7-2-3-14-12-21(8-6-16(14)20)17-5-4-13(10-18)9-15(17)11-19/h4-5,9,14,16H,2-3,6-8,10,12,18H2,1H3. The Morgan fingerprint density at radius 3 is 2.95 bits per heavy atom. The molecular formula is C17H24N4. The van der Waals surface area contributed by atoms with Crippen LogP contribution >= 0.6 is 0 Å². The van der Waals surface area contributed by atoms with Gasteiger partial charge in [-0.2, -0.15) is 5.26 Å². The molecule has 3 rings (SSSR count). The predicted molar refractivity (Wildman–Crippen MR) is 85.0 cm³/mol. The molecule has 2 unspecified atom stereocenters. The fourth-order valence-electron chi connectivity index (χ4n) is 3.95. The molecule has 21 heavy (non-hydrogen) atoms. The molecule has 2 fully saturated rings. The van der Waals surface area contributed by atoms with E-state index in [-0.39, 0.29) is 0 Å². The lowest BCUT2D eigenvalue weighted by Gasteiger charge is -2.46. The zero-order valence-corrected chi connectivity index (χ0v) is 12.8. The molecule has 112 valence electrons. The highest BCUT2D eigenvalue weighted by atomic mass is 15.2. The van der Waals surface area contributed by atoms with Crippen LogP contribution in [-0.2, 0) is 6.54 Å². The second-order valence-electron chi connectivity index (χ2n) is 6.35. The molecule has 0 spiro atoms. The van der Waals surface area contributed by atoms with Gasteiger partial charge in [0.1, 0.15) is 6.07 Å². The molecule has 2 heterocycles. The van der Waals surface area contributed by atoms with Crippen molar-refractivity contribution in [2.45, 2.75) is 31.8 Å². The van der Waals surface area contributed by atoms with E-state index in [1.807, 2.05) is 6.07 Å². The third-order valence-electron chi connectivity index (χ3n) is 5.10. The van der Waals surface area contributed by atoms with Crippen molar-refractivity contribution in [3.05, 3.63) is 29.3 Å². The molecule has 2 aliphatic heterocycles. The molecular weight excluding hydrogens is 260 g/mol. The van der Waals surface area contributed by atoms with Crippen molar-refractivity contribution in [1.29, 1.82) is 5.26 Å². The van der Waals surface area contributed by atoms with Crippen molar-refractivity contribution >= 4 is 5.69 Å². The van der Waals surface area contributed by atoms with Crippen molar-refractivity contribution in [3.8, 4) is 6.07 Å². The van der Waals surface area contributed by atoms with E-state index in [1.54, 1.807) is 0 Å². The van der Waals surface area contributed by atoms with Gasteiger partial charge in [0.15, 0.2) is 0 Å². The molecule has 4 nitrogen and oxygen atoms in total. The number of fused-ring (bicyclic) bond motifs is 1. The van der Waals surface area contributed by atoms with Crippen molar-refractivity contribution < 1.29 is 0 Å². The van der Waals surface area contributed by atoms with Crippen molar-refractivity contribution in [1.82, 2.24) is 4.90 Å². The largest absolute Gasteiger partial charge is 0.370 e. The van der Waals surface area contributed by atoms with Gasteiger partial charge in [0, 0.05) is 25.7 Å². The SMILES string of the molecule is CN1CCCC2CN(c3ccc(CN)cc3C#N)CCC21. The molecule has 4 heteroatoms. The fourth-order valence-corrected chi connectivity index (χ4v) is 3.95. The first-order valence-electron chi connectivity index (χ1n) is 7.91. The van der Waals surface area contributed by atoms with E-state index >= 15 is 0 Å². The molecule has 0 saturated carbocycles. The van der Waals surface area contributed by atoms with Crippen LogP contribution in [0.3, 0.4) is 0 Å². The lowest BCUT2D eigenvalue weighted by molar-refractivity contribution is 0.102. The van der Waals surface area contributed by atoms with E-state index in [2.05, 4.69) is 35.0 Å². The van der Waals surface area contributed by atoms with Gasteiger partial charge in [-0.15, -0.1) is 0 Å². The monoisotopic (exact) mass is 284 g/mol. The van der Waals surface area contributed by atoms with Gasteiger partial charge >= 0.3 is 0 Å². The minimum Gasteiger partial charge on any atom is -0.370 e. The first-order valence-corrected chi connectivity index (χ1v) is 7.91. The number of rotatable bonds is 2. The summed E-state index contributed by atoms with van der Waals surface area (Å²) in [7, 11) is 2.25. The molecule has 0 aromatic heterocycles. The molecule has 2 N–H and O–H groups in total. The third-order valence-corrected chi connectivity index (χ3v) is 5.10. The Hall–Kier alpha value is -1.57. The summed E-state index contributed by atoms with van der Waals surface area (Å²) in [4.78, 5) is 4.92. The summed E-state index contributed by atoms with van der Waals surface area (Å²) in [5, 5.41) is 9.42. The summed E-state index contributed by atoms with van der Waals surface area (Å²) in [6, 6.07) is 9.13. The van der Waals surface area contributed by atoms with Gasteiger partial charge in [0.2, 0.25) is 0 Å². The molecule has 2 saturated heterocycles. The number of nitrogens with zero attached hydrogens (tertiary/aromatic N) is 3. The lowest BCUT2D eigenvalue weighted by atomic mass is 9.84. The Morgan fingerprint density at radius 2 is 2.19 bits per heavy atom. The van der Waals surface area contributed by atoms with Gasteiger partial charge in [-0.1, -0.05) is 6.07 Å². The van der Waals surface area contributed by atoms with Gasteiger partial charge in [0.25, 0.3) is 0 Å². The van der Waals surface area contributed by atoms with Crippen LogP contribution in [-0.4, -0.2) is 37.6 Å². The van der Waals surface area contributed by atoms with E-state index in [0.29, 0.717) is 6.54 Å². The van der Waals surface area contributed by atoms with E-state index in [0.717, 1.165) is 41.9 Å². The zero-order chi connectivity index (χ0) is 14.8. The van der Waals surface area contributed by atoms with Gasteiger partial charge in [-0.3, -0.25) is 0 Å². The summed E-state index contributed by atoms with van der Waals surface area (Å²) in [5.74, 6) is 0.734. The quantitative estimate of drug-likeness (QED) is 0.901. The normalized spacial score (nSPS) is 26.2. The van der Waals surface area contributed by atoms with Crippen LogP contribution in [0.25, 0.3) is 0 Å². The predicted octanol–water partition coefficient (Wildman–Crippen LogP) is 1.94. The summed E-state index contributed by atoms with van der Waals surface area (Å²) in [5.41, 5.74) is 8.56. The maximum Gasteiger partial charge on any atom is 0.101 e. The molecule has 2 atom stereocenters. The Bertz CT molecular complexity index is 548. The van der Waals surface area contributed by atoms with Crippen LogP contribution in [0.15, 0.2) is 18.2 Å². The second-order valence-corrected chi connectivity index (χ2v) is 6.35. The van der Waals surface area contributed by atoms with Gasteiger partial charge in [-0.05, 0) is 56.5 Å². The number of hydrogen-bond acceptors (Lipinski definition) is 4. The van der Waals surface area contributed by atoms with Crippen LogP contribution in [0.4, 0.5) is 5.69 Å². The third kappa shape index (κ3) is 2.76. The lowest BCUT2D eigenvalue weighted by Crippen LogP contribution is -2.52. The fraction of sp³-hybridized carbons (Fsp3) is 0.588. The molecule has 0 amide bonds. The summed E-state index contributed by atoms with van der Waals surface area (Å²) in [6.45, 7) is 3.84. The topological polar surface area (TPSA) is 56.3 Å². The van der Waals surface area contributed by atoms with Crippen LogP contribution < -0.4 is 10.6 Å². The molecule has 1 aromatic carbocycles. The first kappa shape index (κ1) is 14.4. The summed E-state index contributed by atoms with van der Waals surface area (Å²) >= 11 is 0. The number of anilines is 1. The smallest absolute Gasteiger partial charge is 0.101 e. The molecule has 0 radical (unpaired) electrons. The number of nitrogens with two attached hydrogens (primary N) is 1. The number of benzene rings is 1. The van der Waals surface area contributed by atoms with Crippen molar-refractivity contribution in [3.63, 3.8) is 0 Å². The minimum absolute atomic E-state index is 0.491. The highest BCUT2D eigenvalue weighted by Crippen LogP contribution is 2.33. The molecule has 0 bridgehead atoms. The average Bonchev–Trinajstić information content (AvgIpc) is 2.54. The summed E-state index contributed by atoms with van der Waals surface area (Å²) in [6.07, 6.45) is 3.81. The Labute approximate surface area is 127 Å². The van der Waals surface area contributed by atoms with Crippen LogP contribution in [0.1, 0.15) is 30.4 Å². The Morgan fingerprint density at radius 1 is 1.33 bits per heavy atom. The van der Waals surface area contributed by atoms with Gasteiger partial charge < -0.3 is 15.5 Å². The van der Waals surface area contributed by atoms with Gasteiger partial charge in [-0.25, -0.2) is 0 Å². The maximum absolute atomic E-state index is 9.42. The van der Waals surface area contributed by atoms with E-state index in [4.69, 9.17) is 5.73 Å². The minimum atomic E-state index is 0.491. The number of likely N-dealkylation sites (tertiary alicyclic amines) is 1. The molecule has 2 aliphatic rings. The van der Waals surface area contributed by atoms with E-state index in [1.165, 1.54) is 25.8 Å². The first-order chi connectivity index (χ1) is 10.2. The van der Waals surface area contributed by atoms with E-state index in [9.17, 15) is 5.26 Å². The Balaban J connectivity index is 1.81. The maximum atomic E-state index is 9.42. The highest BCUT2D eigenvalue weighted by Gasteiger charge is 2.34. The van der Waals surface area contributed by atoms with Crippen LogP contribution in [0.2, 0.25) is 0 Å².